The number of hydrogen-bond donors (Lipinski definition) is 0. The fraction of sp³-hybridized carbons (Fsp3) is 0.923. The third-order valence-corrected chi connectivity index (χ3v) is 3.28. The molecule has 0 heterocycles. The molecule has 0 aromatic rings. The summed E-state index contributed by atoms with van der Waals surface area (Å²) >= 11 is 0. The van der Waals surface area contributed by atoms with Crippen LogP contribution in [0.2, 0.25) is 0 Å². The first kappa shape index (κ1) is 14.6. The van der Waals surface area contributed by atoms with Crippen LogP contribution in [0.3, 0.4) is 0 Å². The molecule has 0 amide bonds. The van der Waals surface area contributed by atoms with Crippen LogP contribution in [0.5, 0.6) is 0 Å². The Balaban J connectivity index is 3.82. The second-order valence-electron chi connectivity index (χ2n) is 4.68. The molecule has 0 aliphatic rings. The Kier molecular flexibility index (Phi) is 7.67. The lowest BCUT2D eigenvalue weighted by molar-refractivity contribution is -0.123. The van der Waals surface area contributed by atoms with Crippen molar-refractivity contribution in [1.29, 1.82) is 0 Å². The topological polar surface area (TPSA) is 20.3 Å². The highest BCUT2D eigenvalue weighted by molar-refractivity contribution is 5.80. The summed E-state index contributed by atoms with van der Waals surface area (Å²) in [5, 5.41) is 0. The van der Waals surface area contributed by atoms with Crippen LogP contribution < -0.4 is 0 Å². The molecule has 15 heavy (non-hydrogen) atoms. The Morgan fingerprint density at radius 1 is 1.20 bits per heavy atom. The second kappa shape index (κ2) is 7.86. The Hall–Kier alpha value is -0.370. The SMILES string of the molecule is CCCN(C)CCC(C)C(C)C(=O)CC. The van der Waals surface area contributed by atoms with Gasteiger partial charge in [0.2, 0.25) is 0 Å². The summed E-state index contributed by atoms with van der Waals surface area (Å²) in [5.74, 6) is 1.14. The molecule has 2 nitrogen and oxygen atoms in total. The van der Waals surface area contributed by atoms with Crippen molar-refractivity contribution in [3.63, 3.8) is 0 Å². The van der Waals surface area contributed by atoms with Gasteiger partial charge in [-0.3, -0.25) is 4.79 Å². The maximum Gasteiger partial charge on any atom is 0.135 e. The van der Waals surface area contributed by atoms with E-state index in [0.717, 1.165) is 19.5 Å². The Labute approximate surface area is 95.0 Å². The third-order valence-electron chi connectivity index (χ3n) is 3.28. The molecule has 2 heteroatoms. The van der Waals surface area contributed by atoms with Gasteiger partial charge in [-0.1, -0.05) is 27.7 Å². The first-order valence-corrected chi connectivity index (χ1v) is 6.24. The zero-order valence-electron chi connectivity index (χ0n) is 11.0. The van der Waals surface area contributed by atoms with Crippen molar-refractivity contribution in [1.82, 2.24) is 4.90 Å². The third kappa shape index (κ3) is 5.93. The largest absolute Gasteiger partial charge is 0.306 e. The van der Waals surface area contributed by atoms with Crippen LogP contribution in [0, 0.1) is 11.8 Å². The van der Waals surface area contributed by atoms with Gasteiger partial charge in [-0.25, -0.2) is 0 Å². The van der Waals surface area contributed by atoms with Crippen LogP contribution in [0.1, 0.15) is 47.0 Å². The molecule has 90 valence electrons. The normalized spacial score (nSPS) is 15.3. The minimum atomic E-state index is 0.227. The highest BCUT2D eigenvalue weighted by Crippen LogP contribution is 2.17. The van der Waals surface area contributed by atoms with Crippen LogP contribution in [0.25, 0.3) is 0 Å². The molecular weight excluding hydrogens is 186 g/mol. The van der Waals surface area contributed by atoms with Gasteiger partial charge in [-0.2, -0.15) is 0 Å². The van der Waals surface area contributed by atoms with Crippen molar-refractivity contribution >= 4 is 5.78 Å². The van der Waals surface area contributed by atoms with E-state index in [1.54, 1.807) is 0 Å². The first-order valence-electron chi connectivity index (χ1n) is 6.24. The van der Waals surface area contributed by atoms with E-state index in [2.05, 4.69) is 32.7 Å². The second-order valence-corrected chi connectivity index (χ2v) is 4.68. The van der Waals surface area contributed by atoms with Gasteiger partial charge in [-0.05, 0) is 38.9 Å². The van der Waals surface area contributed by atoms with Gasteiger partial charge in [0.05, 0.1) is 0 Å². The smallest absolute Gasteiger partial charge is 0.135 e. The molecule has 0 aliphatic carbocycles. The minimum Gasteiger partial charge on any atom is -0.306 e. The molecule has 0 aliphatic heterocycles. The van der Waals surface area contributed by atoms with E-state index < -0.39 is 0 Å². The number of rotatable bonds is 8. The number of ketones is 1. The number of carbonyl (C=O) groups is 1. The zero-order chi connectivity index (χ0) is 11.8. The molecular formula is C13H27NO. The number of Topliss-reactive ketones (excluding diaryl/α,β-unsaturated/α-hetero) is 1. The summed E-state index contributed by atoms with van der Waals surface area (Å²) in [5.41, 5.74) is 0. The van der Waals surface area contributed by atoms with E-state index in [1.165, 1.54) is 6.42 Å². The molecule has 0 saturated heterocycles. The van der Waals surface area contributed by atoms with Crippen molar-refractivity contribution in [2.75, 3.05) is 20.1 Å². The van der Waals surface area contributed by atoms with Gasteiger partial charge in [0.15, 0.2) is 0 Å². The Morgan fingerprint density at radius 2 is 1.80 bits per heavy atom. The van der Waals surface area contributed by atoms with E-state index in [-0.39, 0.29) is 5.92 Å². The van der Waals surface area contributed by atoms with Crippen molar-refractivity contribution in [3.05, 3.63) is 0 Å². The molecule has 2 atom stereocenters. The predicted molar refractivity (Wildman–Crippen MR) is 66.0 cm³/mol. The predicted octanol–water partition coefficient (Wildman–Crippen LogP) is 2.97. The van der Waals surface area contributed by atoms with Gasteiger partial charge in [-0.15, -0.1) is 0 Å². The van der Waals surface area contributed by atoms with E-state index in [4.69, 9.17) is 0 Å². The fourth-order valence-corrected chi connectivity index (χ4v) is 1.81. The monoisotopic (exact) mass is 213 g/mol. The molecule has 0 radical (unpaired) electrons. The molecule has 0 spiro atoms. The molecule has 0 saturated carbocycles. The van der Waals surface area contributed by atoms with Crippen LogP contribution in [0.4, 0.5) is 0 Å². The highest BCUT2D eigenvalue weighted by atomic mass is 16.1. The Bertz CT molecular complexity index is 179. The van der Waals surface area contributed by atoms with E-state index >= 15 is 0 Å². The van der Waals surface area contributed by atoms with Crippen LogP contribution >= 0.6 is 0 Å². The van der Waals surface area contributed by atoms with Crippen LogP contribution in [-0.4, -0.2) is 30.8 Å². The standard InChI is InChI=1S/C13H27NO/c1-6-9-14(5)10-8-11(3)12(4)13(15)7-2/h11-12H,6-10H2,1-5H3. The summed E-state index contributed by atoms with van der Waals surface area (Å²) in [4.78, 5) is 13.9. The summed E-state index contributed by atoms with van der Waals surface area (Å²) in [6.45, 7) is 10.7. The molecule has 0 rings (SSSR count). The summed E-state index contributed by atoms with van der Waals surface area (Å²) in [6, 6.07) is 0. The fourth-order valence-electron chi connectivity index (χ4n) is 1.81. The van der Waals surface area contributed by atoms with E-state index in [1.807, 2.05) is 6.92 Å². The van der Waals surface area contributed by atoms with Gasteiger partial charge in [0, 0.05) is 12.3 Å². The summed E-state index contributed by atoms with van der Waals surface area (Å²) in [7, 11) is 2.16. The van der Waals surface area contributed by atoms with Gasteiger partial charge < -0.3 is 4.90 Å². The molecule has 0 fully saturated rings. The molecule has 0 aromatic heterocycles. The maximum absolute atomic E-state index is 11.5. The average molecular weight is 213 g/mol. The highest BCUT2D eigenvalue weighted by Gasteiger charge is 2.18. The quantitative estimate of drug-likeness (QED) is 0.618. The molecule has 0 aromatic carbocycles. The lowest BCUT2D eigenvalue weighted by Crippen LogP contribution is -2.25. The first-order chi connectivity index (χ1) is 7.02. The minimum absolute atomic E-state index is 0.227. The van der Waals surface area contributed by atoms with E-state index in [9.17, 15) is 4.79 Å². The molecule has 0 N–H and O–H groups in total. The van der Waals surface area contributed by atoms with E-state index in [0.29, 0.717) is 18.1 Å². The van der Waals surface area contributed by atoms with Crippen LogP contribution in [0.15, 0.2) is 0 Å². The van der Waals surface area contributed by atoms with Crippen molar-refractivity contribution < 1.29 is 4.79 Å². The number of nitrogens with zero attached hydrogens (tertiary/aromatic N) is 1. The lowest BCUT2D eigenvalue weighted by Gasteiger charge is -2.22. The maximum atomic E-state index is 11.5. The number of hydrogen-bond acceptors (Lipinski definition) is 2. The Morgan fingerprint density at radius 3 is 2.27 bits per heavy atom. The van der Waals surface area contributed by atoms with Crippen molar-refractivity contribution in [2.45, 2.75) is 47.0 Å². The van der Waals surface area contributed by atoms with Gasteiger partial charge in [0.25, 0.3) is 0 Å². The van der Waals surface area contributed by atoms with Crippen molar-refractivity contribution in [3.8, 4) is 0 Å². The average Bonchev–Trinajstić information content (AvgIpc) is 2.24. The van der Waals surface area contributed by atoms with Gasteiger partial charge in [0.1, 0.15) is 5.78 Å². The van der Waals surface area contributed by atoms with Crippen LogP contribution in [-0.2, 0) is 4.79 Å². The molecule has 0 bridgehead atoms. The number of carbonyl (C=O) groups excluding carboxylic acids is 1. The van der Waals surface area contributed by atoms with Crippen molar-refractivity contribution in [2.24, 2.45) is 11.8 Å². The zero-order valence-corrected chi connectivity index (χ0v) is 11.0. The summed E-state index contributed by atoms with van der Waals surface area (Å²) in [6.07, 6.45) is 3.01. The lowest BCUT2D eigenvalue weighted by atomic mass is 9.88. The molecule has 2 unspecified atom stereocenters. The summed E-state index contributed by atoms with van der Waals surface area (Å²) < 4.78 is 0. The van der Waals surface area contributed by atoms with Gasteiger partial charge >= 0.3 is 0 Å².